The zero-order valence-corrected chi connectivity index (χ0v) is 12.9. The third kappa shape index (κ3) is 3.05. The number of nitrogens with zero attached hydrogens (tertiary/aromatic N) is 1. The van der Waals surface area contributed by atoms with E-state index in [9.17, 15) is 0 Å². The van der Waals surface area contributed by atoms with E-state index in [1.807, 2.05) is 6.07 Å². The molecule has 0 unspecified atom stereocenters. The Balaban J connectivity index is 2.13. The molecule has 1 heterocycles. The van der Waals surface area contributed by atoms with E-state index in [-0.39, 0.29) is 0 Å². The van der Waals surface area contributed by atoms with Gasteiger partial charge in [0.1, 0.15) is 0 Å². The number of aryl methyl sites for hydroxylation is 1. The van der Waals surface area contributed by atoms with Crippen molar-refractivity contribution in [3.8, 4) is 0 Å². The predicted molar refractivity (Wildman–Crippen MR) is 84.1 cm³/mol. The molecule has 1 N–H and O–H groups in total. The molecular formula is C17H24N2O. The second-order valence-electron chi connectivity index (χ2n) is 5.08. The first-order valence-corrected chi connectivity index (χ1v) is 7.13. The summed E-state index contributed by atoms with van der Waals surface area (Å²) in [5.41, 5.74) is 6.38. The summed E-state index contributed by atoms with van der Waals surface area (Å²) in [6.07, 6.45) is 0. The van der Waals surface area contributed by atoms with Crippen LogP contribution < -0.4 is 5.32 Å². The smallest absolute Gasteiger partial charge is 0.0733 e. The van der Waals surface area contributed by atoms with Gasteiger partial charge >= 0.3 is 0 Å². The van der Waals surface area contributed by atoms with Crippen LogP contribution in [0.5, 0.6) is 0 Å². The minimum atomic E-state index is 0.636. The summed E-state index contributed by atoms with van der Waals surface area (Å²) in [6, 6.07) is 10.6. The van der Waals surface area contributed by atoms with E-state index in [0.29, 0.717) is 6.61 Å². The summed E-state index contributed by atoms with van der Waals surface area (Å²) in [4.78, 5) is 0. The highest BCUT2D eigenvalue weighted by Gasteiger charge is 2.08. The fourth-order valence-corrected chi connectivity index (χ4v) is 2.70. The monoisotopic (exact) mass is 272 g/mol. The van der Waals surface area contributed by atoms with Crippen molar-refractivity contribution in [2.45, 2.75) is 40.5 Å². The molecule has 1 aromatic heterocycles. The average Bonchev–Trinajstić information content (AvgIpc) is 2.72. The van der Waals surface area contributed by atoms with Crippen LogP contribution in [0, 0.1) is 13.8 Å². The Bertz CT molecular complexity index is 572. The molecule has 0 spiro atoms. The second kappa shape index (κ2) is 6.62. The highest BCUT2D eigenvalue weighted by Crippen LogP contribution is 2.20. The molecule has 1 aromatic carbocycles. The maximum absolute atomic E-state index is 5.24. The Morgan fingerprint density at radius 3 is 2.55 bits per heavy atom. The highest BCUT2D eigenvalue weighted by molar-refractivity contribution is 5.51. The first-order chi connectivity index (χ1) is 9.67. The lowest BCUT2D eigenvalue weighted by Crippen LogP contribution is -2.05. The number of hydrogen-bond acceptors (Lipinski definition) is 2. The number of aromatic nitrogens is 1. The molecule has 2 aromatic rings. The van der Waals surface area contributed by atoms with E-state index in [1.165, 1.54) is 22.5 Å². The molecule has 108 valence electrons. The molecule has 0 radical (unpaired) electrons. The Hall–Kier alpha value is -1.74. The van der Waals surface area contributed by atoms with Gasteiger partial charge in [-0.3, -0.25) is 0 Å². The number of rotatable bonds is 6. The van der Waals surface area contributed by atoms with Crippen LogP contribution in [0.4, 0.5) is 5.69 Å². The van der Waals surface area contributed by atoms with Gasteiger partial charge in [-0.25, -0.2) is 0 Å². The Morgan fingerprint density at radius 1 is 1.15 bits per heavy atom. The van der Waals surface area contributed by atoms with Crippen molar-refractivity contribution >= 4 is 5.69 Å². The van der Waals surface area contributed by atoms with Crippen LogP contribution in [0.1, 0.15) is 29.4 Å². The molecule has 0 aliphatic rings. The molecule has 2 rings (SSSR count). The van der Waals surface area contributed by atoms with Crippen molar-refractivity contribution in [3.05, 3.63) is 52.8 Å². The number of para-hydroxylation sites is 1. The number of nitrogens with one attached hydrogen (secondary N) is 1. The normalized spacial score (nSPS) is 10.8. The lowest BCUT2D eigenvalue weighted by molar-refractivity contribution is 0.185. The number of ether oxygens (including phenoxy) is 1. The van der Waals surface area contributed by atoms with Gasteiger partial charge in [-0.2, -0.15) is 0 Å². The van der Waals surface area contributed by atoms with Crippen molar-refractivity contribution in [3.63, 3.8) is 0 Å². The van der Waals surface area contributed by atoms with Crippen LogP contribution in [0.25, 0.3) is 0 Å². The van der Waals surface area contributed by atoms with Crippen LogP contribution in [0.15, 0.2) is 30.3 Å². The van der Waals surface area contributed by atoms with Gasteiger partial charge in [-0.1, -0.05) is 18.2 Å². The van der Waals surface area contributed by atoms with Gasteiger partial charge in [0.15, 0.2) is 0 Å². The van der Waals surface area contributed by atoms with Crippen molar-refractivity contribution in [2.24, 2.45) is 0 Å². The first-order valence-electron chi connectivity index (χ1n) is 7.13. The molecule has 0 saturated carbocycles. The molecule has 3 nitrogen and oxygen atoms in total. The van der Waals surface area contributed by atoms with Gasteiger partial charge in [0.05, 0.1) is 6.61 Å². The SMILES string of the molecule is CCn1c(C)cc(CNc2ccccc2COC)c1C. The Labute approximate surface area is 121 Å². The molecule has 0 fully saturated rings. The molecular weight excluding hydrogens is 248 g/mol. The molecule has 0 amide bonds. The number of hydrogen-bond donors (Lipinski definition) is 1. The molecule has 0 bridgehead atoms. The summed E-state index contributed by atoms with van der Waals surface area (Å²) in [6.45, 7) is 9.05. The number of methoxy groups -OCH3 is 1. The highest BCUT2D eigenvalue weighted by atomic mass is 16.5. The summed E-state index contributed by atoms with van der Waals surface area (Å²) >= 11 is 0. The van der Waals surface area contributed by atoms with E-state index in [2.05, 4.69) is 54.9 Å². The van der Waals surface area contributed by atoms with Crippen molar-refractivity contribution < 1.29 is 4.74 Å². The van der Waals surface area contributed by atoms with Crippen LogP contribution >= 0.6 is 0 Å². The minimum Gasteiger partial charge on any atom is -0.381 e. The van der Waals surface area contributed by atoms with E-state index < -0.39 is 0 Å². The number of anilines is 1. The molecule has 0 saturated heterocycles. The van der Waals surface area contributed by atoms with Crippen LogP contribution in [0.2, 0.25) is 0 Å². The molecule has 0 aliphatic heterocycles. The topological polar surface area (TPSA) is 26.2 Å². The maximum atomic E-state index is 5.24. The van der Waals surface area contributed by atoms with Gasteiger partial charge in [-0.05, 0) is 38.5 Å². The standard InChI is InChI=1S/C17H24N2O/c1-5-19-13(2)10-16(14(19)3)11-18-17-9-7-6-8-15(17)12-20-4/h6-10,18H,5,11-12H2,1-4H3. The van der Waals surface area contributed by atoms with Gasteiger partial charge < -0.3 is 14.6 Å². The van der Waals surface area contributed by atoms with Crippen LogP contribution in [0.3, 0.4) is 0 Å². The van der Waals surface area contributed by atoms with Crippen molar-refractivity contribution in [1.82, 2.24) is 4.57 Å². The molecule has 20 heavy (non-hydrogen) atoms. The molecule has 0 atom stereocenters. The zero-order chi connectivity index (χ0) is 14.5. The van der Waals surface area contributed by atoms with Crippen LogP contribution in [-0.2, 0) is 24.4 Å². The van der Waals surface area contributed by atoms with E-state index in [1.54, 1.807) is 7.11 Å². The minimum absolute atomic E-state index is 0.636. The zero-order valence-electron chi connectivity index (χ0n) is 12.9. The summed E-state index contributed by atoms with van der Waals surface area (Å²) in [7, 11) is 1.73. The van der Waals surface area contributed by atoms with Gasteiger partial charge in [-0.15, -0.1) is 0 Å². The quantitative estimate of drug-likeness (QED) is 0.863. The number of benzene rings is 1. The summed E-state index contributed by atoms with van der Waals surface area (Å²) < 4.78 is 7.59. The van der Waals surface area contributed by atoms with E-state index in [0.717, 1.165) is 18.8 Å². The predicted octanol–water partition coefficient (Wildman–Crippen LogP) is 3.88. The maximum Gasteiger partial charge on any atom is 0.0733 e. The summed E-state index contributed by atoms with van der Waals surface area (Å²) in [5, 5.41) is 3.53. The molecule has 3 heteroatoms. The van der Waals surface area contributed by atoms with E-state index >= 15 is 0 Å². The average molecular weight is 272 g/mol. The summed E-state index contributed by atoms with van der Waals surface area (Å²) in [5.74, 6) is 0. The van der Waals surface area contributed by atoms with Gasteiger partial charge in [0, 0.05) is 42.8 Å². The van der Waals surface area contributed by atoms with Crippen molar-refractivity contribution in [1.29, 1.82) is 0 Å². The van der Waals surface area contributed by atoms with Gasteiger partial charge in [0.2, 0.25) is 0 Å². The lowest BCUT2D eigenvalue weighted by Gasteiger charge is -2.12. The first kappa shape index (κ1) is 14.7. The van der Waals surface area contributed by atoms with E-state index in [4.69, 9.17) is 4.74 Å². The third-order valence-electron chi connectivity index (χ3n) is 3.78. The Morgan fingerprint density at radius 2 is 1.90 bits per heavy atom. The molecule has 0 aliphatic carbocycles. The fraction of sp³-hybridized carbons (Fsp3) is 0.412. The van der Waals surface area contributed by atoms with Crippen molar-refractivity contribution in [2.75, 3.05) is 12.4 Å². The second-order valence-corrected chi connectivity index (χ2v) is 5.08. The lowest BCUT2D eigenvalue weighted by atomic mass is 10.1. The van der Waals surface area contributed by atoms with Crippen LogP contribution in [-0.4, -0.2) is 11.7 Å². The third-order valence-corrected chi connectivity index (χ3v) is 3.78. The van der Waals surface area contributed by atoms with Gasteiger partial charge in [0.25, 0.3) is 0 Å². The Kier molecular flexibility index (Phi) is 4.85. The largest absolute Gasteiger partial charge is 0.381 e. The fourth-order valence-electron chi connectivity index (χ4n) is 2.70.